The molecular weight excluding hydrogens is 531 g/mol. The van der Waals surface area contributed by atoms with Crippen molar-refractivity contribution in [2.24, 2.45) is 18.4 Å². The molecule has 10 nitrogen and oxygen atoms in total. The Bertz CT molecular complexity index is 1740. The van der Waals surface area contributed by atoms with E-state index in [9.17, 15) is 28.7 Å². The number of rotatable bonds is 3. The largest absolute Gasteiger partial charge is 0.508 e. The van der Waals surface area contributed by atoms with Crippen molar-refractivity contribution < 1.29 is 23.8 Å². The Morgan fingerprint density at radius 1 is 1.10 bits per heavy atom. The van der Waals surface area contributed by atoms with E-state index in [1.54, 1.807) is 25.1 Å². The van der Waals surface area contributed by atoms with Crippen molar-refractivity contribution in [1.82, 2.24) is 13.9 Å². The summed E-state index contributed by atoms with van der Waals surface area (Å²) in [5.74, 6) is -3.27. The van der Waals surface area contributed by atoms with Crippen molar-refractivity contribution >= 4 is 29.1 Å². The van der Waals surface area contributed by atoms with E-state index in [0.29, 0.717) is 16.9 Å². The number of hydrogen-bond acceptors (Lipinski definition) is 6. The lowest BCUT2D eigenvalue weighted by molar-refractivity contribution is -0.129. The van der Waals surface area contributed by atoms with E-state index in [1.165, 1.54) is 41.7 Å². The van der Waals surface area contributed by atoms with Crippen molar-refractivity contribution in [2.45, 2.75) is 31.8 Å². The van der Waals surface area contributed by atoms with Crippen LogP contribution in [-0.2, 0) is 23.2 Å². The number of amides is 2. The minimum Gasteiger partial charge on any atom is -0.508 e. The highest BCUT2D eigenvalue weighted by atomic mass is 35.5. The summed E-state index contributed by atoms with van der Waals surface area (Å²) in [6.45, 7) is 1.74. The fourth-order valence-electron chi connectivity index (χ4n) is 6.49. The highest BCUT2D eigenvalue weighted by Crippen LogP contribution is 2.62. The van der Waals surface area contributed by atoms with E-state index in [2.05, 4.69) is 0 Å². The van der Waals surface area contributed by atoms with Crippen LogP contribution in [0.4, 0.5) is 10.1 Å². The fourth-order valence-corrected chi connectivity index (χ4v) is 6.67. The zero-order chi connectivity index (χ0) is 28.0. The molecule has 1 saturated carbocycles. The van der Waals surface area contributed by atoms with Crippen molar-refractivity contribution in [3.63, 3.8) is 0 Å². The molecule has 3 heterocycles. The van der Waals surface area contributed by atoms with Gasteiger partial charge in [0.25, 0.3) is 0 Å². The minimum atomic E-state index is -1.40. The number of aromatic hydroxyl groups is 1. The number of fused-ring (bicyclic) bond motifs is 4. The Kier molecular flexibility index (Phi) is 5.45. The number of anilines is 1. The van der Waals surface area contributed by atoms with Gasteiger partial charge < -0.3 is 9.84 Å². The number of halogens is 2. The highest BCUT2D eigenvalue weighted by Gasteiger charge is 2.65. The predicted octanol–water partition coefficient (Wildman–Crippen LogP) is 2.72. The first-order valence-electron chi connectivity index (χ1n) is 12.3. The number of ether oxygens (including phenoxy) is 1. The summed E-state index contributed by atoms with van der Waals surface area (Å²) in [7, 11) is 2.85. The lowest BCUT2D eigenvalue weighted by atomic mass is 9.56. The molecule has 12 heteroatoms. The zero-order valence-electron chi connectivity index (χ0n) is 21.2. The van der Waals surface area contributed by atoms with Gasteiger partial charge in [0.05, 0.1) is 41.7 Å². The average Bonchev–Trinajstić information content (AvgIpc) is 3.26. The molecule has 0 radical (unpaired) electrons. The van der Waals surface area contributed by atoms with Crippen molar-refractivity contribution in [3.05, 3.63) is 85.4 Å². The summed E-state index contributed by atoms with van der Waals surface area (Å²) in [6.07, 6.45) is 1.84. The number of nitrogens with zero attached hydrogens (tertiary/aromatic N) is 4. The second kappa shape index (κ2) is 8.44. The van der Waals surface area contributed by atoms with Gasteiger partial charge in [-0.3, -0.25) is 9.59 Å². The topological polar surface area (TPSA) is 116 Å². The Labute approximate surface area is 226 Å². The van der Waals surface area contributed by atoms with E-state index in [4.69, 9.17) is 16.3 Å². The first-order chi connectivity index (χ1) is 18.5. The van der Waals surface area contributed by atoms with Crippen LogP contribution < -0.4 is 21.0 Å². The molecule has 0 bridgehead atoms. The summed E-state index contributed by atoms with van der Waals surface area (Å²) in [6, 6.07) is 7.50. The smallest absolute Gasteiger partial charge is 0.347 e. The zero-order valence-corrected chi connectivity index (χ0v) is 22.0. The van der Waals surface area contributed by atoms with E-state index in [-0.39, 0.29) is 29.4 Å². The van der Waals surface area contributed by atoms with E-state index in [0.717, 1.165) is 15.5 Å². The third kappa shape index (κ3) is 3.25. The minimum absolute atomic E-state index is 0.0585. The maximum absolute atomic E-state index is 14.3. The van der Waals surface area contributed by atoms with Gasteiger partial charge >= 0.3 is 11.4 Å². The Morgan fingerprint density at radius 2 is 1.85 bits per heavy atom. The summed E-state index contributed by atoms with van der Waals surface area (Å²) >= 11 is 5.99. The standard InChI is InChI=1S/C27H24ClFN4O6/c1-27-17(23(35)32(24(27)36)13-4-6-19(29)18(28)10-13)12-20-15(8-9-31-25(37)30(2)26(38)33(20)31)22(27)16-11-14(39-3)5-7-21(16)34/h4-8,10-11,17,20,22,34H,9,12H2,1-3H3/t17-,20+,22+,27+/m0/s1. The number of carbonyl (C=O) groups excluding carboxylic acids is 2. The molecule has 3 aliphatic rings. The number of phenols is 1. The number of hydrogen-bond donors (Lipinski definition) is 1. The molecule has 2 aromatic carbocycles. The number of methoxy groups -OCH3 is 1. The number of allylic oxidation sites excluding steroid dienone is 2. The summed E-state index contributed by atoms with van der Waals surface area (Å²) in [4.78, 5) is 55.2. The molecule has 0 spiro atoms. The Hall–Kier alpha value is -4.12. The first-order valence-corrected chi connectivity index (χ1v) is 12.7. The molecule has 1 saturated heterocycles. The molecule has 2 fully saturated rings. The van der Waals surface area contributed by atoms with Gasteiger partial charge in [-0.05, 0) is 55.3 Å². The van der Waals surface area contributed by atoms with Crippen LogP contribution in [0.25, 0.3) is 0 Å². The molecule has 6 rings (SSSR count). The second-order valence-electron chi connectivity index (χ2n) is 10.3. The van der Waals surface area contributed by atoms with Gasteiger partial charge in [-0.2, -0.15) is 0 Å². The van der Waals surface area contributed by atoms with Crippen LogP contribution in [0.15, 0.2) is 57.6 Å². The molecule has 1 N–H and O–H groups in total. The summed E-state index contributed by atoms with van der Waals surface area (Å²) < 4.78 is 23.0. The maximum atomic E-state index is 14.3. The Balaban J connectivity index is 1.60. The molecule has 4 atom stereocenters. The number of aromatic nitrogens is 3. The van der Waals surface area contributed by atoms with Crippen LogP contribution in [0.5, 0.6) is 11.5 Å². The van der Waals surface area contributed by atoms with E-state index >= 15 is 0 Å². The first kappa shape index (κ1) is 25.2. The van der Waals surface area contributed by atoms with Crippen LogP contribution in [0.3, 0.4) is 0 Å². The Morgan fingerprint density at radius 3 is 2.54 bits per heavy atom. The van der Waals surface area contributed by atoms with Crippen LogP contribution >= 0.6 is 11.6 Å². The van der Waals surface area contributed by atoms with Crippen LogP contribution in [0.2, 0.25) is 5.02 Å². The lowest BCUT2D eigenvalue weighted by Gasteiger charge is -2.47. The lowest BCUT2D eigenvalue weighted by Crippen LogP contribution is -2.49. The number of imide groups is 1. The summed E-state index contributed by atoms with van der Waals surface area (Å²) in [5, 5.41) is 10.8. The van der Waals surface area contributed by atoms with Gasteiger partial charge in [0.15, 0.2) is 0 Å². The monoisotopic (exact) mass is 554 g/mol. The van der Waals surface area contributed by atoms with Crippen molar-refractivity contribution in [1.29, 1.82) is 0 Å². The van der Waals surface area contributed by atoms with Gasteiger partial charge in [-0.1, -0.05) is 17.7 Å². The predicted molar refractivity (Wildman–Crippen MR) is 139 cm³/mol. The second-order valence-corrected chi connectivity index (χ2v) is 10.7. The van der Waals surface area contributed by atoms with Crippen LogP contribution in [0, 0.1) is 17.2 Å². The fraction of sp³-hybridized carbons (Fsp3) is 0.333. The molecule has 202 valence electrons. The van der Waals surface area contributed by atoms with Crippen LogP contribution in [0.1, 0.15) is 30.9 Å². The molecular formula is C27H24ClFN4O6. The molecule has 2 aliphatic heterocycles. The molecule has 1 aromatic heterocycles. The quantitative estimate of drug-likeness (QED) is 0.393. The summed E-state index contributed by atoms with van der Waals surface area (Å²) in [5.41, 5.74) is -1.35. The van der Waals surface area contributed by atoms with Gasteiger partial charge in [0.2, 0.25) is 11.8 Å². The van der Waals surface area contributed by atoms with Gasteiger partial charge in [0.1, 0.15) is 17.3 Å². The van der Waals surface area contributed by atoms with Gasteiger partial charge in [-0.15, -0.1) is 0 Å². The van der Waals surface area contributed by atoms with E-state index < -0.39 is 52.3 Å². The van der Waals surface area contributed by atoms with Crippen molar-refractivity contribution in [2.75, 3.05) is 12.0 Å². The third-order valence-corrected chi connectivity index (χ3v) is 8.73. The molecule has 3 aromatic rings. The average molecular weight is 555 g/mol. The maximum Gasteiger partial charge on any atom is 0.347 e. The van der Waals surface area contributed by atoms with Crippen molar-refractivity contribution in [3.8, 4) is 11.5 Å². The molecule has 1 aliphatic carbocycles. The number of phenolic OH excluding ortho intramolecular Hbond substituents is 1. The number of carbonyl (C=O) groups is 2. The highest BCUT2D eigenvalue weighted by molar-refractivity contribution is 6.31. The third-order valence-electron chi connectivity index (χ3n) is 8.44. The van der Waals surface area contributed by atoms with Gasteiger partial charge in [-0.25, -0.2) is 32.8 Å². The van der Waals surface area contributed by atoms with Gasteiger partial charge in [0, 0.05) is 18.5 Å². The number of benzene rings is 2. The normalized spacial score (nSPS) is 25.7. The van der Waals surface area contributed by atoms with Crippen LogP contribution in [-0.4, -0.2) is 38.0 Å². The molecule has 0 unspecified atom stereocenters. The SMILES string of the molecule is COc1ccc(O)c([C@H]2C3=CCn4c(=O)n(C)c(=O)n4[C@@H]3C[C@H]3C(=O)N(c4ccc(F)c(Cl)c4)C(=O)[C@@]23C)c1. The van der Waals surface area contributed by atoms with E-state index in [1.807, 2.05) is 0 Å². The molecule has 39 heavy (non-hydrogen) atoms. The molecule has 2 amide bonds.